The third-order valence-electron chi connectivity index (χ3n) is 2.26. The highest BCUT2D eigenvalue weighted by Gasteiger charge is 2.28. The fraction of sp³-hybridized carbons (Fsp3) is 0.333. The highest BCUT2D eigenvalue weighted by molar-refractivity contribution is 5.08. The molecule has 0 bridgehead atoms. The summed E-state index contributed by atoms with van der Waals surface area (Å²) < 4.78 is 5.93. The van der Waals surface area contributed by atoms with E-state index in [4.69, 9.17) is 9.84 Å². The average molecular weight is 226 g/mol. The summed E-state index contributed by atoms with van der Waals surface area (Å²) in [6.07, 6.45) is 0.548. The number of aliphatic hydroxyl groups is 2. The summed E-state index contributed by atoms with van der Waals surface area (Å²) in [6, 6.07) is 1.17. The van der Waals surface area contributed by atoms with E-state index in [0.29, 0.717) is 0 Å². The first-order valence-corrected chi connectivity index (χ1v) is 4.60. The Hall–Kier alpha value is -1.86. The molecule has 3 N–H and O–H groups in total. The summed E-state index contributed by atoms with van der Waals surface area (Å²) in [4.78, 5) is 25.1. The number of aliphatic hydroxyl groups excluding tert-OH is 2. The molecule has 7 nitrogen and oxygen atoms in total. The topological polar surface area (TPSA) is 105 Å². The molecule has 1 aromatic rings. The van der Waals surface area contributed by atoms with Crippen molar-refractivity contribution in [2.75, 3.05) is 6.61 Å². The van der Waals surface area contributed by atoms with Crippen LogP contribution in [0.25, 0.3) is 0 Å². The van der Waals surface area contributed by atoms with Gasteiger partial charge in [0.15, 0.2) is 6.23 Å². The van der Waals surface area contributed by atoms with Crippen LogP contribution < -0.4 is 11.2 Å². The Bertz CT molecular complexity index is 501. The van der Waals surface area contributed by atoms with E-state index in [2.05, 4.69) is 4.98 Å². The molecule has 0 unspecified atom stereocenters. The van der Waals surface area contributed by atoms with Gasteiger partial charge in [-0.05, 0) is 0 Å². The zero-order valence-electron chi connectivity index (χ0n) is 8.16. The molecule has 2 rings (SSSR count). The number of ether oxygens (including phenoxy) is 1. The van der Waals surface area contributed by atoms with E-state index in [1.54, 1.807) is 0 Å². The monoisotopic (exact) mass is 226 g/mol. The standard InChI is InChI=1S/C9H10N2O5/c12-4-6-5(13)3-8(16-6)11-7(14)1-2-10-9(11)15/h1-3,6,8,12-13H,4H2,(H,10,15)/t6-,8-/m1/s1. The maximum Gasteiger partial charge on any atom is 0.330 e. The number of rotatable bonds is 2. The third kappa shape index (κ3) is 1.66. The van der Waals surface area contributed by atoms with Gasteiger partial charge in [0.25, 0.3) is 5.56 Å². The molecule has 0 spiro atoms. The Morgan fingerprint density at radius 1 is 1.50 bits per heavy atom. The van der Waals surface area contributed by atoms with Crippen LogP contribution in [0.3, 0.4) is 0 Å². The van der Waals surface area contributed by atoms with Crippen molar-refractivity contribution in [2.45, 2.75) is 12.3 Å². The van der Waals surface area contributed by atoms with Crippen LogP contribution in [0.4, 0.5) is 0 Å². The van der Waals surface area contributed by atoms with E-state index in [-0.39, 0.29) is 5.76 Å². The number of nitrogens with zero attached hydrogens (tertiary/aromatic N) is 1. The maximum absolute atomic E-state index is 11.4. The second-order valence-electron chi connectivity index (χ2n) is 3.28. The van der Waals surface area contributed by atoms with Crippen molar-refractivity contribution in [3.8, 4) is 0 Å². The van der Waals surface area contributed by atoms with Crippen molar-refractivity contribution in [3.63, 3.8) is 0 Å². The Morgan fingerprint density at radius 2 is 2.25 bits per heavy atom. The lowest BCUT2D eigenvalue weighted by Crippen LogP contribution is -2.37. The van der Waals surface area contributed by atoms with Gasteiger partial charge in [-0.15, -0.1) is 0 Å². The molecule has 2 heterocycles. The van der Waals surface area contributed by atoms with Gasteiger partial charge in [-0.2, -0.15) is 0 Å². The fourth-order valence-corrected chi connectivity index (χ4v) is 1.48. The smallest absolute Gasteiger partial charge is 0.330 e. The van der Waals surface area contributed by atoms with Crippen molar-refractivity contribution in [1.82, 2.24) is 9.55 Å². The summed E-state index contributed by atoms with van der Waals surface area (Å²) in [5, 5.41) is 18.2. The van der Waals surface area contributed by atoms with Gasteiger partial charge < -0.3 is 19.9 Å². The lowest BCUT2D eigenvalue weighted by Gasteiger charge is -2.13. The largest absolute Gasteiger partial charge is 0.510 e. The Balaban J connectivity index is 2.42. The highest BCUT2D eigenvalue weighted by Crippen LogP contribution is 2.22. The molecule has 0 aliphatic carbocycles. The van der Waals surface area contributed by atoms with Crippen LogP contribution >= 0.6 is 0 Å². The van der Waals surface area contributed by atoms with Crippen molar-refractivity contribution >= 4 is 0 Å². The molecule has 0 amide bonds. The minimum Gasteiger partial charge on any atom is -0.510 e. The second kappa shape index (κ2) is 3.95. The van der Waals surface area contributed by atoms with Crippen LogP contribution in [-0.2, 0) is 4.74 Å². The van der Waals surface area contributed by atoms with Crippen LogP contribution in [0.2, 0.25) is 0 Å². The third-order valence-corrected chi connectivity index (χ3v) is 2.26. The molecule has 2 atom stereocenters. The zero-order valence-corrected chi connectivity index (χ0v) is 8.16. The van der Waals surface area contributed by atoms with Gasteiger partial charge in [0, 0.05) is 18.3 Å². The van der Waals surface area contributed by atoms with Gasteiger partial charge in [0.05, 0.1) is 6.61 Å². The molecule has 16 heavy (non-hydrogen) atoms. The molecule has 0 saturated carbocycles. The number of nitrogens with one attached hydrogen (secondary N) is 1. The predicted octanol–water partition coefficient (Wildman–Crippen LogP) is -1.13. The first-order chi connectivity index (χ1) is 7.63. The summed E-state index contributed by atoms with van der Waals surface area (Å²) in [5.41, 5.74) is -1.18. The molecule has 0 saturated heterocycles. The lowest BCUT2D eigenvalue weighted by molar-refractivity contribution is -0.0262. The normalized spacial score (nSPS) is 24.4. The summed E-state index contributed by atoms with van der Waals surface area (Å²) in [5.74, 6) is -0.192. The lowest BCUT2D eigenvalue weighted by atomic mass is 10.3. The maximum atomic E-state index is 11.4. The van der Waals surface area contributed by atoms with Crippen molar-refractivity contribution in [1.29, 1.82) is 0 Å². The molecule has 1 aromatic heterocycles. The van der Waals surface area contributed by atoms with Crippen LogP contribution in [0.1, 0.15) is 6.23 Å². The van der Waals surface area contributed by atoms with Gasteiger partial charge in [0.2, 0.25) is 0 Å². The summed E-state index contributed by atoms with van der Waals surface area (Å²) in [6.45, 7) is -0.418. The van der Waals surface area contributed by atoms with Crippen molar-refractivity contribution in [2.24, 2.45) is 0 Å². The quantitative estimate of drug-likeness (QED) is 0.591. The predicted molar refractivity (Wildman–Crippen MR) is 53.0 cm³/mol. The minimum atomic E-state index is -0.991. The van der Waals surface area contributed by atoms with E-state index in [1.807, 2.05) is 0 Å². The molecular weight excluding hydrogens is 216 g/mol. The first kappa shape index (κ1) is 10.7. The van der Waals surface area contributed by atoms with Gasteiger partial charge in [-0.25, -0.2) is 9.36 Å². The molecule has 1 aliphatic rings. The van der Waals surface area contributed by atoms with E-state index in [0.717, 1.165) is 4.57 Å². The molecule has 0 aromatic carbocycles. The van der Waals surface area contributed by atoms with E-state index >= 15 is 0 Å². The average Bonchev–Trinajstić information content (AvgIpc) is 2.59. The minimum absolute atomic E-state index is 0.192. The Kier molecular flexibility index (Phi) is 2.63. The molecule has 0 fully saturated rings. The van der Waals surface area contributed by atoms with Crippen LogP contribution in [0.5, 0.6) is 0 Å². The van der Waals surface area contributed by atoms with Gasteiger partial charge in [0.1, 0.15) is 11.9 Å². The van der Waals surface area contributed by atoms with Crippen LogP contribution in [-0.4, -0.2) is 32.5 Å². The molecule has 86 valence electrons. The van der Waals surface area contributed by atoms with E-state index < -0.39 is 30.2 Å². The van der Waals surface area contributed by atoms with Crippen LogP contribution in [0.15, 0.2) is 33.7 Å². The van der Waals surface area contributed by atoms with Crippen LogP contribution in [0, 0.1) is 0 Å². The summed E-state index contributed by atoms with van der Waals surface area (Å²) in [7, 11) is 0. The summed E-state index contributed by atoms with van der Waals surface area (Å²) >= 11 is 0. The molecule has 0 radical (unpaired) electrons. The number of H-pyrrole nitrogens is 1. The van der Waals surface area contributed by atoms with Crippen molar-refractivity contribution < 1.29 is 14.9 Å². The highest BCUT2D eigenvalue weighted by atomic mass is 16.5. The van der Waals surface area contributed by atoms with Gasteiger partial charge in [-0.1, -0.05) is 0 Å². The van der Waals surface area contributed by atoms with E-state index in [9.17, 15) is 14.7 Å². The zero-order chi connectivity index (χ0) is 11.7. The number of hydrogen-bond acceptors (Lipinski definition) is 5. The number of hydrogen-bond donors (Lipinski definition) is 3. The van der Waals surface area contributed by atoms with Crippen molar-refractivity contribution in [3.05, 3.63) is 44.9 Å². The number of aromatic nitrogens is 2. The molecular formula is C9H10N2O5. The Morgan fingerprint density at radius 3 is 2.81 bits per heavy atom. The van der Waals surface area contributed by atoms with Gasteiger partial charge in [-0.3, -0.25) is 4.79 Å². The second-order valence-corrected chi connectivity index (χ2v) is 3.28. The molecule has 1 aliphatic heterocycles. The van der Waals surface area contributed by atoms with Gasteiger partial charge >= 0.3 is 5.69 Å². The fourth-order valence-electron chi connectivity index (χ4n) is 1.48. The van der Waals surface area contributed by atoms with E-state index in [1.165, 1.54) is 18.3 Å². The first-order valence-electron chi connectivity index (χ1n) is 4.60. The Labute approximate surface area is 89.2 Å². The number of aromatic amines is 1. The SMILES string of the molecule is O=c1cc[nH]c(=O)n1[C@H]1C=C(O)[C@@H](CO)O1. The molecule has 7 heteroatoms.